The fourth-order valence-corrected chi connectivity index (χ4v) is 5.18. The molecule has 0 unspecified atom stereocenters. The molecule has 0 spiro atoms. The first-order chi connectivity index (χ1) is 18.5. The van der Waals surface area contributed by atoms with Crippen LogP contribution in [-0.2, 0) is 16.5 Å². The van der Waals surface area contributed by atoms with E-state index in [1.807, 2.05) is 53.1 Å². The summed E-state index contributed by atoms with van der Waals surface area (Å²) in [4.78, 5) is 34.9. The third kappa shape index (κ3) is 5.44. The number of pyridine rings is 1. The molecule has 0 radical (unpaired) electrons. The minimum Gasteiger partial charge on any atom is -0.466 e. The van der Waals surface area contributed by atoms with Crippen LogP contribution in [0.2, 0.25) is 0 Å². The number of carbonyl (C=O) groups is 1. The van der Waals surface area contributed by atoms with E-state index in [4.69, 9.17) is 19.2 Å². The molecule has 3 aromatic heterocycles. The molecule has 2 atom stereocenters. The molecule has 11 nitrogen and oxygen atoms in total. The Labute approximate surface area is 226 Å². The lowest BCUT2D eigenvalue weighted by atomic mass is 10.0. The highest BCUT2D eigenvalue weighted by Crippen LogP contribution is 2.37. The van der Waals surface area contributed by atoms with Gasteiger partial charge in [0.2, 0.25) is 0 Å². The number of hydrogen-bond acceptors (Lipinski definition) is 8. The Bertz CT molecular complexity index is 1600. The molecule has 5 rings (SSSR count). The molecule has 4 aromatic rings. The van der Waals surface area contributed by atoms with Crippen molar-refractivity contribution < 1.29 is 19.0 Å². The number of methoxy groups -OCH3 is 1. The molecule has 1 aliphatic rings. The van der Waals surface area contributed by atoms with Crippen molar-refractivity contribution in [2.24, 2.45) is 7.05 Å². The zero-order valence-corrected chi connectivity index (χ0v) is 23.1. The van der Waals surface area contributed by atoms with E-state index in [1.165, 1.54) is 0 Å². The highest BCUT2D eigenvalue weighted by Gasteiger charge is 2.29. The first-order valence-electron chi connectivity index (χ1n) is 13.0. The maximum absolute atomic E-state index is 13.4. The van der Waals surface area contributed by atoms with Crippen molar-refractivity contribution in [1.82, 2.24) is 29.6 Å². The molecular weight excluding hydrogens is 500 g/mol. The second-order valence-electron chi connectivity index (χ2n) is 11.0. The summed E-state index contributed by atoms with van der Waals surface area (Å²) in [7, 11) is 3.43. The fraction of sp³-hybridized carbons (Fsp3) is 0.464. The summed E-state index contributed by atoms with van der Waals surface area (Å²) in [6.07, 6.45) is 7.03. The van der Waals surface area contributed by atoms with Crippen LogP contribution in [-0.4, -0.2) is 56.0 Å². The minimum atomic E-state index is -0.560. The summed E-state index contributed by atoms with van der Waals surface area (Å²) in [5.74, 6) is 1.03. The van der Waals surface area contributed by atoms with Crippen molar-refractivity contribution in [3.8, 4) is 17.1 Å². The van der Waals surface area contributed by atoms with Gasteiger partial charge in [-0.2, -0.15) is 5.10 Å². The maximum Gasteiger partial charge on any atom is 0.407 e. The van der Waals surface area contributed by atoms with Crippen LogP contribution in [0.1, 0.15) is 51.6 Å². The standard InChI is InChI=1S/C28H34N6O5/c1-16-23-17(14-33(5)32-23)11-20(24(16)38-15-37-6)25-29-13-21-22(31-25)9-10-34(26(21)35)19-8-7-18(12-19)30-27(36)39-28(2,3)4/h9-11,13-14,18-19H,7-8,12,15H2,1-6H3,(H,30,36)/t18-,19+/m0/s1. The highest BCUT2D eigenvalue weighted by molar-refractivity contribution is 5.91. The predicted molar refractivity (Wildman–Crippen MR) is 147 cm³/mol. The molecule has 1 amide bonds. The molecule has 1 aromatic carbocycles. The van der Waals surface area contributed by atoms with Crippen molar-refractivity contribution in [2.75, 3.05) is 13.9 Å². The number of carbonyl (C=O) groups excluding carboxylic acids is 1. The van der Waals surface area contributed by atoms with Crippen LogP contribution in [0.15, 0.2) is 35.5 Å². The van der Waals surface area contributed by atoms with Gasteiger partial charge in [-0.05, 0) is 59.1 Å². The first-order valence-corrected chi connectivity index (χ1v) is 13.0. The largest absolute Gasteiger partial charge is 0.466 e. The lowest BCUT2D eigenvalue weighted by Crippen LogP contribution is -2.38. The second-order valence-corrected chi connectivity index (χ2v) is 11.0. The van der Waals surface area contributed by atoms with Crippen LogP contribution in [0.5, 0.6) is 5.75 Å². The number of aromatic nitrogens is 5. The second kappa shape index (κ2) is 10.3. The van der Waals surface area contributed by atoms with E-state index < -0.39 is 11.7 Å². The molecule has 0 aliphatic heterocycles. The molecule has 1 N–H and O–H groups in total. The molecule has 39 heavy (non-hydrogen) atoms. The fourth-order valence-electron chi connectivity index (χ4n) is 5.18. The Morgan fingerprint density at radius 2 is 2.05 bits per heavy atom. The third-order valence-corrected chi connectivity index (χ3v) is 6.85. The monoisotopic (exact) mass is 534 g/mol. The van der Waals surface area contributed by atoms with Gasteiger partial charge in [-0.1, -0.05) is 0 Å². The van der Waals surface area contributed by atoms with E-state index in [9.17, 15) is 9.59 Å². The molecule has 0 saturated heterocycles. The molecule has 3 heterocycles. The van der Waals surface area contributed by atoms with Crippen LogP contribution in [0.3, 0.4) is 0 Å². The SMILES string of the molecule is COCOc1c(-c2ncc3c(=O)n([C@@H]4CC[C@H](NC(=O)OC(C)(C)C)C4)ccc3n2)cc2cn(C)nc2c1C. The number of nitrogens with one attached hydrogen (secondary N) is 1. The zero-order chi connectivity index (χ0) is 27.9. The number of hydrogen-bond donors (Lipinski definition) is 1. The van der Waals surface area contributed by atoms with Crippen molar-refractivity contribution in [1.29, 1.82) is 0 Å². The van der Waals surface area contributed by atoms with E-state index in [1.54, 1.807) is 28.8 Å². The van der Waals surface area contributed by atoms with Gasteiger partial charge < -0.3 is 24.1 Å². The number of alkyl carbamates (subject to hydrolysis) is 1. The van der Waals surface area contributed by atoms with Gasteiger partial charge in [0.15, 0.2) is 12.6 Å². The third-order valence-electron chi connectivity index (χ3n) is 6.85. The van der Waals surface area contributed by atoms with E-state index in [2.05, 4.69) is 15.4 Å². The van der Waals surface area contributed by atoms with Gasteiger partial charge in [0.25, 0.3) is 5.56 Å². The van der Waals surface area contributed by atoms with Crippen LogP contribution in [0.25, 0.3) is 33.2 Å². The Hall–Kier alpha value is -3.99. The van der Waals surface area contributed by atoms with E-state index in [0.717, 1.165) is 29.3 Å². The van der Waals surface area contributed by atoms with E-state index in [-0.39, 0.29) is 24.4 Å². The van der Waals surface area contributed by atoms with Crippen LogP contribution >= 0.6 is 0 Å². The van der Waals surface area contributed by atoms with Gasteiger partial charge >= 0.3 is 6.09 Å². The Morgan fingerprint density at radius 3 is 2.79 bits per heavy atom. The molecule has 206 valence electrons. The quantitative estimate of drug-likeness (QED) is 0.364. The van der Waals surface area contributed by atoms with Gasteiger partial charge in [-0.15, -0.1) is 0 Å². The van der Waals surface area contributed by atoms with Crippen LogP contribution in [0, 0.1) is 6.92 Å². The van der Waals surface area contributed by atoms with Crippen molar-refractivity contribution in [2.45, 2.75) is 64.6 Å². The Morgan fingerprint density at radius 1 is 1.26 bits per heavy atom. The Balaban J connectivity index is 1.44. The summed E-state index contributed by atoms with van der Waals surface area (Å²) in [6.45, 7) is 7.50. The molecule has 1 fully saturated rings. The van der Waals surface area contributed by atoms with Gasteiger partial charge in [0.1, 0.15) is 11.4 Å². The number of nitrogens with zero attached hydrogens (tertiary/aromatic N) is 5. The lowest BCUT2D eigenvalue weighted by molar-refractivity contribution is 0.0502. The number of rotatable bonds is 6. The summed E-state index contributed by atoms with van der Waals surface area (Å²) >= 11 is 0. The maximum atomic E-state index is 13.4. The highest BCUT2D eigenvalue weighted by atomic mass is 16.7. The van der Waals surface area contributed by atoms with Crippen molar-refractivity contribution in [3.05, 3.63) is 46.6 Å². The van der Waals surface area contributed by atoms with Gasteiger partial charge in [-0.25, -0.2) is 14.8 Å². The smallest absolute Gasteiger partial charge is 0.407 e. The summed E-state index contributed by atoms with van der Waals surface area (Å²) < 4.78 is 19.9. The van der Waals surface area contributed by atoms with Gasteiger partial charge in [0, 0.05) is 55.8 Å². The summed E-state index contributed by atoms with van der Waals surface area (Å²) in [6, 6.07) is 3.69. The normalized spacial score (nSPS) is 17.6. The average Bonchev–Trinajstić information content (AvgIpc) is 3.48. The first kappa shape index (κ1) is 26.6. The van der Waals surface area contributed by atoms with Crippen molar-refractivity contribution in [3.63, 3.8) is 0 Å². The number of benzene rings is 1. The topological polar surface area (TPSA) is 122 Å². The number of ether oxygens (including phenoxy) is 3. The lowest BCUT2D eigenvalue weighted by Gasteiger charge is -2.22. The average molecular weight is 535 g/mol. The van der Waals surface area contributed by atoms with Crippen LogP contribution < -0.4 is 15.6 Å². The Kier molecular flexibility index (Phi) is 7.02. The number of fused-ring (bicyclic) bond motifs is 2. The van der Waals surface area contributed by atoms with E-state index >= 15 is 0 Å². The minimum absolute atomic E-state index is 0.0359. The summed E-state index contributed by atoms with van der Waals surface area (Å²) in [5.41, 5.74) is 2.21. The predicted octanol–water partition coefficient (Wildman–Crippen LogP) is 4.25. The zero-order valence-electron chi connectivity index (χ0n) is 23.1. The van der Waals surface area contributed by atoms with Gasteiger partial charge in [-0.3, -0.25) is 9.48 Å². The molecule has 1 saturated carbocycles. The molecule has 11 heteroatoms. The van der Waals surface area contributed by atoms with Crippen LogP contribution in [0.4, 0.5) is 4.79 Å². The van der Waals surface area contributed by atoms with Gasteiger partial charge in [0.05, 0.1) is 22.0 Å². The number of amides is 1. The molecule has 0 bridgehead atoms. The molecular formula is C28H34N6O5. The van der Waals surface area contributed by atoms with Crippen molar-refractivity contribution >= 4 is 27.9 Å². The van der Waals surface area contributed by atoms with E-state index in [0.29, 0.717) is 34.5 Å². The molecule has 1 aliphatic carbocycles. The summed E-state index contributed by atoms with van der Waals surface area (Å²) in [5, 5.41) is 8.84. The number of aryl methyl sites for hydroxylation is 2.